The Morgan fingerprint density at radius 3 is 2.46 bits per heavy atom. The summed E-state index contributed by atoms with van der Waals surface area (Å²) in [6.07, 6.45) is 1.25. The van der Waals surface area contributed by atoms with E-state index in [1.165, 1.54) is 5.56 Å². The second-order valence-corrected chi connectivity index (χ2v) is 9.17. The van der Waals surface area contributed by atoms with E-state index in [-0.39, 0.29) is 24.7 Å². The van der Waals surface area contributed by atoms with Crippen LogP contribution >= 0.6 is 0 Å². The molecule has 0 aromatic heterocycles. The molecule has 0 saturated carbocycles. The van der Waals surface area contributed by atoms with E-state index in [0.29, 0.717) is 5.56 Å². The van der Waals surface area contributed by atoms with Gasteiger partial charge < -0.3 is 15.0 Å². The first-order valence-corrected chi connectivity index (χ1v) is 12.2. The van der Waals surface area contributed by atoms with Crippen molar-refractivity contribution in [2.45, 2.75) is 25.4 Å². The Hall–Kier alpha value is -3.71. The third kappa shape index (κ3) is 4.39. The number of carbonyl (C=O) groups is 3. The molecule has 0 spiro atoms. The van der Waals surface area contributed by atoms with Crippen molar-refractivity contribution in [3.05, 3.63) is 71.8 Å². The highest BCUT2D eigenvalue weighted by Crippen LogP contribution is 2.42. The minimum Gasteiger partial charge on any atom is -0.368 e. The molecule has 1 N–H and O–H groups in total. The zero-order valence-corrected chi connectivity index (χ0v) is 19.9. The van der Waals surface area contributed by atoms with Crippen molar-refractivity contribution in [3.8, 4) is 0 Å². The number of nitrogens with zero attached hydrogens (tertiary/aromatic N) is 3. The average molecular weight is 471 g/mol. The zero-order valence-electron chi connectivity index (χ0n) is 19.9. The van der Waals surface area contributed by atoms with Crippen LogP contribution in [0.25, 0.3) is 10.8 Å². The maximum Gasteiger partial charge on any atom is 0.259 e. The Bertz CT molecular complexity index is 1250. The van der Waals surface area contributed by atoms with Crippen molar-refractivity contribution in [2.75, 3.05) is 43.0 Å². The van der Waals surface area contributed by atoms with Crippen molar-refractivity contribution in [2.24, 2.45) is 0 Å². The van der Waals surface area contributed by atoms with Crippen LogP contribution in [0.5, 0.6) is 0 Å². The molecule has 1 atom stereocenters. The van der Waals surface area contributed by atoms with Crippen LogP contribution in [0.3, 0.4) is 0 Å². The molecule has 1 unspecified atom stereocenters. The maximum absolute atomic E-state index is 13.3. The Kier molecular flexibility index (Phi) is 6.51. The Morgan fingerprint density at radius 2 is 1.74 bits per heavy atom. The van der Waals surface area contributed by atoms with Gasteiger partial charge in [0.05, 0.1) is 17.3 Å². The summed E-state index contributed by atoms with van der Waals surface area (Å²) in [5.74, 6) is -0.322. The van der Waals surface area contributed by atoms with Gasteiger partial charge in [-0.1, -0.05) is 42.5 Å². The number of benzene rings is 3. The second-order valence-electron chi connectivity index (χ2n) is 9.17. The van der Waals surface area contributed by atoms with Crippen LogP contribution in [0.2, 0.25) is 0 Å². The van der Waals surface area contributed by atoms with Gasteiger partial charge in [-0.25, -0.2) is 0 Å². The van der Waals surface area contributed by atoms with Crippen LogP contribution < -0.4 is 15.1 Å². The highest BCUT2D eigenvalue weighted by Gasteiger charge is 2.36. The number of carbonyl (C=O) groups excluding carboxylic acids is 3. The van der Waals surface area contributed by atoms with E-state index in [0.717, 1.165) is 61.2 Å². The van der Waals surface area contributed by atoms with E-state index in [4.69, 9.17) is 0 Å². The fourth-order valence-electron chi connectivity index (χ4n) is 5.25. The lowest BCUT2D eigenvalue weighted by molar-refractivity contribution is -0.120. The monoisotopic (exact) mass is 470 g/mol. The highest BCUT2D eigenvalue weighted by molar-refractivity contribution is 6.27. The molecule has 0 radical (unpaired) electrons. The summed E-state index contributed by atoms with van der Waals surface area (Å²) >= 11 is 0. The number of hydrogen-bond donors (Lipinski definition) is 1. The molecule has 2 amide bonds. The smallest absolute Gasteiger partial charge is 0.259 e. The Balaban J connectivity index is 1.38. The van der Waals surface area contributed by atoms with Crippen LogP contribution in [-0.2, 0) is 16.1 Å². The molecule has 1 fully saturated rings. The molecule has 2 heterocycles. The summed E-state index contributed by atoms with van der Waals surface area (Å²) in [5, 5.41) is 4.50. The second kappa shape index (κ2) is 9.88. The molecule has 35 heavy (non-hydrogen) atoms. The summed E-state index contributed by atoms with van der Waals surface area (Å²) in [5.41, 5.74) is 3.81. The van der Waals surface area contributed by atoms with Crippen molar-refractivity contribution in [3.63, 3.8) is 0 Å². The molecular weight excluding hydrogens is 440 g/mol. The third-order valence-electron chi connectivity index (χ3n) is 7.10. The minimum absolute atomic E-state index is 0.145. The van der Waals surface area contributed by atoms with Gasteiger partial charge in [0.1, 0.15) is 6.29 Å². The average Bonchev–Trinajstić information content (AvgIpc) is 3.18. The van der Waals surface area contributed by atoms with Crippen molar-refractivity contribution in [1.82, 2.24) is 10.2 Å². The topological polar surface area (TPSA) is 73.0 Å². The SMILES string of the molecule is CNC(=O)CCC(C=O)N1C(=O)c2ccc(N3CCN(Cc4ccccc4)CC3)c3cccc1c23. The molecule has 3 aromatic carbocycles. The lowest BCUT2D eigenvalue weighted by atomic mass is 10.0. The fourth-order valence-corrected chi connectivity index (χ4v) is 5.25. The molecule has 2 aliphatic rings. The van der Waals surface area contributed by atoms with Crippen molar-refractivity contribution >= 4 is 40.2 Å². The first-order chi connectivity index (χ1) is 17.1. The lowest BCUT2D eigenvalue weighted by Gasteiger charge is -2.36. The summed E-state index contributed by atoms with van der Waals surface area (Å²) in [7, 11) is 1.57. The van der Waals surface area contributed by atoms with Gasteiger partial charge in [0.2, 0.25) is 5.91 Å². The van der Waals surface area contributed by atoms with Gasteiger partial charge in [-0.15, -0.1) is 0 Å². The quantitative estimate of drug-likeness (QED) is 0.512. The van der Waals surface area contributed by atoms with Gasteiger partial charge >= 0.3 is 0 Å². The van der Waals surface area contributed by atoms with Crippen molar-refractivity contribution in [1.29, 1.82) is 0 Å². The maximum atomic E-state index is 13.3. The Labute approximate surface area is 205 Å². The van der Waals surface area contributed by atoms with Gasteiger partial charge in [0.25, 0.3) is 5.91 Å². The Morgan fingerprint density at radius 1 is 0.971 bits per heavy atom. The molecule has 7 nitrogen and oxygen atoms in total. The summed E-state index contributed by atoms with van der Waals surface area (Å²) < 4.78 is 0. The predicted molar refractivity (Wildman–Crippen MR) is 138 cm³/mol. The molecule has 7 heteroatoms. The standard InChI is InChI=1S/C28H30N4O3/c1-29-26(34)13-10-21(19-33)32-25-9-5-8-22-24(12-11-23(27(22)25)28(32)35)31-16-14-30(15-17-31)18-20-6-3-2-4-7-20/h2-9,11-12,19,21H,10,13-18H2,1H3,(H,29,34). The number of hydrogen-bond acceptors (Lipinski definition) is 5. The largest absolute Gasteiger partial charge is 0.368 e. The third-order valence-corrected chi connectivity index (χ3v) is 7.10. The van der Waals surface area contributed by atoms with Crippen LogP contribution in [0.4, 0.5) is 11.4 Å². The minimum atomic E-state index is -0.678. The van der Waals surface area contributed by atoms with E-state index in [2.05, 4.69) is 45.4 Å². The zero-order chi connectivity index (χ0) is 24.4. The highest BCUT2D eigenvalue weighted by atomic mass is 16.2. The van der Waals surface area contributed by atoms with Gasteiger partial charge in [-0.2, -0.15) is 0 Å². The summed E-state index contributed by atoms with van der Waals surface area (Å²) in [4.78, 5) is 43.5. The number of nitrogens with one attached hydrogen (secondary N) is 1. The molecule has 3 aromatic rings. The molecule has 180 valence electrons. The summed E-state index contributed by atoms with van der Waals surface area (Å²) in [6.45, 7) is 4.70. The number of piperazine rings is 1. The number of amides is 2. The van der Waals surface area contributed by atoms with Crippen LogP contribution in [-0.4, -0.2) is 62.3 Å². The molecule has 2 aliphatic heterocycles. The van der Waals surface area contributed by atoms with Crippen molar-refractivity contribution < 1.29 is 14.4 Å². The van der Waals surface area contributed by atoms with E-state index >= 15 is 0 Å². The number of anilines is 2. The van der Waals surface area contributed by atoms with Crippen LogP contribution in [0, 0.1) is 0 Å². The molecule has 5 rings (SSSR count). The van der Waals surface area contributed by atoms with Crippen LogP contribution in [0.1, 0.15) is 28.8 Å². The number of rotatable bonds is 8. The first kappa shape index (κ1) is 23.1. The molecular formula is C28H30N4O3. The fraction of sp³-hybridized carbons (Fsp3) is 0.321. The summed E-state index contributed by atoms with van der Waals surface area (Å²) in [6, 6.07) is 19.7. The van der Waals surface area contributed by atoms with Crippen LogP contribution in [0.15, 0.2) is 60.7 Å². The normalized spacial score (nSPS) is 16.5. The first-order valence-electron chi connectivity index (χ1n) is 12.2. The van der Waals surface area contributed by atoms with Gasteiger partial charge in [0.15, 0.2) is 0 Å². The van der Waals surface area contributed by atoms with E-state index in [9.17, 15) is 14.4 Å². The lowest BCUT2D eigenvalue weighted by Crippen LogP contribution is -2.46. The molecule has 1 saturated heterocycles. The van der Waals surface area contributed by atoms with E-state index < -0.39 is 6.04 Å². The van der Waals surface area contributed by atoms with E-state index in [1.54, 1.807) is 11.9 Å². The molecule has 0 aliphatic carbocycles. The van der Waals surface area contributed by atoms with Gasteiger partial charge in [-0.05, 0) is 30.2 Å². The molecule has 0 bridgehead atoms. The van der Waals surface area contributed by atoms with Gasteiger partial charge in [-0.3, -0.25) is 19.4 Å². The predicted octanol–water partition coefficient (Wildman–Crippen LogP) is 3.22. The van der Waals surface area contributed by atoms with Gasteiger partial charge in [0, 0.05) is 62.7 Å². The van der Waals surface area contributed by atoms with E-state index in [1.807, 2.05) is 30.3 Å². The number of aldehydes is 1.